The molecule has 5 nitrogen and oxygen atoms in total. The van der Waals surface area contributed by atoms with Crippen LogP contribution in [0, 0.1) is 0 Å². The Morgan fingerprint density at radius 2 is 2.00 bits per heavy atom. The summed E-state index contributed by atoms with van der Waals surface area (Å²) in [6.45, 7) is 2.06. The van der Waals surface area contributed by atoms with E-state index >= 15 is 0 Å². The largest absolute Gasteiger partial charge is 0.504 e. The lowest BCUT2D eigenvalue weighted by atomic mass is 10.1. The molecule has 0 atom stereocenters. The van der Waals surface area contributed by atoms with Gasteiger partial charge in [0.05, 0.1) is 13.7 Å². The second kappa shape index (κ2) is 5.98. The monoisotopic (exact) mass is 240 g/mol. The van der Waals surface area contributed by atoms with Crippen LogP contribution in [0.25, 0.3) is 0 Å². The predicted octanol–water partition coefficient (Wildman–Crippen LogP) is 1.60. The summed E-state index contributed by atoms with van der Waals surface area (Å²) < 4.78 is 9.61. The van der Waals surface area contributed by atoms with E-state index in [1.165, 1.54) is 13.2 Å². The first-order valence-electron chi connectivity index (χ1n) is 5.33. The van der Waals surface area contributed by atoms with E-state index in [0.29, 0.717) is 18.6 Å². The number of esters is 1. The van der Waals surface area contributed by atoms with Crippen molar-refractivity contribution >= 4 is 5.97 Å². The summed E-state index contributed by atoms with van der Waals surface area (Å²) in [7, 11) is 1.40. The smallest absolute Gasteiger partial charge is 0.306 e. The van der Waals surface area contributed by atoms with Crippen LogP contribution >= 0.6 is 0 Å². The molecule has 1 aromatic rings. The van der Waals surface area contributed by atoms with Crippen molar-refractivity contribution < 1.29 is 24.5 Å². The Morgan fingerprint density at radius 3 is 2.59 bits per heavy atom. The van der Waals surface area contributed by atoms with E-state index in [1.54, 1.807) is 13.0 Å². The molecule has 0 aliphatic heterocycles. The van der Waals surface area contributed by atoms with Gasteiger partial charge in [-0.25, -0.2) is 0 Å². The number of hydrogen-bond donors (Lipinski definition) is 2. The number of rotatable bonds is 5. The van der Waals surface area contributed by atoms with E-state index in [0.717, 1.165) is 0 Å². The molecule has 2 N–H and O–H groups in total. The fraction of sp³-hybridized carbons (Fsp3) is 0.417. The zero-order chi connectivity index (χ0) is 12.8. The number of aromatic hydroxyl groups is 2. The Balaban J connectivity index is 2.73. The van der Waals surface area contributed by atoms with Gasteiger partial charge in [-0.05, 0) is 25.0 Å². The van der Waals surface area contributed by atoms with Crippen molar-refractivity contribution in [2.24, 2.45) is 0 Å². The zero-order valence-corrected chi connectivity index (χ0v) is 9.90. The number of aryl methyl sites for hydroxylation is 1. The molecule has 0 unspecified atom stereocenters. The van der Waals surface area contributed by atoms with Gasteiger partial charge in [0.15, 0.2) is 11.5 Å². The molecule has 1 aromatic carbocycles. The van der Waals surface area contributed by atoms with Gasteiger partial charge in [-0.3, -0.25) is 4.79 Å². The van der Waals surface area contributed by atoms with Crippen molar-refractivity contribution in [3.05, 3.63) is 17.7 Å². The Hall–Kier alpha value is -1.91. The molecule has 0 aliphatic carbocycles. The summed E-state index contributed by atoms with van der Waals surface area (Å²) in [5.74, 6) is -0.702. The summed E-state index contributed by atoms with van der Waals surface area (Å²) >= 11 is 0. The molecule has 0 amide bonds. The fourth-order valence-corrected chi connectivity index (χ4v) is 1.44. The van der Waals surface area contributed by atoms with Crippen molar-refractivity contribution in [3.8, 4) is 17.2 Å². The van der Waals surface area contributed by atoms with Crippen molar-refractivity contribution in [1.29, 1.82) is 0 Å². The van der Waals surface area contributed by atoms with Crippen molar-refractivity contribution in [2.45, 2.75) is 19.8 Å². The summed E-state index contributed by atoms with van der Waals surface area (Å²) in [4.78, 5) is 11.1. The van der Waals surface area contributed by atoms with E-state index in [-0.39, 0.29) is 29.6 Å². The SMILES string of the molecule is CCOC(=O)CCc1ccc(OC)c(O)c1O. The Morgan fingerprint density at radius 1 is 1.29 bits per heavy atom. The van der Waals surface area contributed by atoms with Crippen LogP contribution in [-0.2, 0) is 16.0 Å². The highest BCUT2D eigenvalue weighted by Crippen LogP contribution is 2.38. The lowest BCUT2D eigenvalue weighted by molar-refractivity contribution is -0.143. The molecule has 0 saturated carbocycles. The Labute approximate surface area is 99.6 Å². The quantitative estimate of drug-likeness (QED) is 0.604. The first-order chi connectivity index (χ1) is 8.10. The van der Waals surface area contributed by atoms with Crippen molar-refractivity contribution in [2.75, 3.05) is 13.7 Å². The fourth-order valence-electron chi connectivity index (χ4n) is 1.44. The van der Waals surface area contributed by atoms with E-state index in [9.17, 15) is 15.0 Å². The average molecular weight is 240 g/mol. The predicted molar refractivity (Wildman–Crippen MR) is 61.3 cm³/mol. The molecule has 0 aromatic heterocycles. The molecule has 94 valence electrons. The van der Waals surface area contributed by atoms with Gasteiger partial charge in [0.2, 0.25) is 5.75 Å². The number of methoxy groups -OCH3 is 1. The lowest BCUT2D eigenvalue weighted by Crippen LogP contribution is -2.05. The molecule has 0 aliphatic rings. The second-order valence-corrected chi connectivity index (χ2v) is 3.43. The third-order valence-corrected chi connectivity index (χ3v) is 2.32. The first kappa shape index (κ1) is 13.2. The maximum Gasteiger partial charge on any atom is 0.306 e. The summed E-state index contributed by atoms with van der Waals surface area (Å²) in [5.41, 5.74) is 0.483. The topological polar surface area (TPSA) is 76.0 Å². The van der Waals surface area contributed by atoms with Crippen LogP contribution in [0.15, 0.2) is 12.1 Å². The number of ether oxygens (including phenoxy) is 2. The standard InChI is InChI=1S/C12H16O5/c1-3-17-10(13)7-5-8-4-6-9(16-2)12(15)11(8)14/h4,6,14-15H,3,5,7H2,1-2H3. The first-order valence-corrected chi connectivity index (χ1v) is 5.33. The number of carbonyl (C=O) groups excluding carboxylic acids is 1. The normalized spacial score (nSPS) is 10.0. The van der Waals surface area contributed by atoms with Gasteiger partial charge in [0.25, 0.3) is 0 Å². The molecule has 0 heterocycles. The van der Waals surface area contributed by atoms with Crippen LogP contribution in [0.2, 0.25) is 0 Å². The summed E-state index contributed by atoms with van der Waals surface area (Å²) in [6.07, 6.45) is 0.468. The summed E-state index contributed by atoms with van der Waals surface area (Å²) in [5, 5.41) is 19.2. The Bertz CT molecular complexity index is 400. The molecule has 0 bridgehead atoms. The number of carbonyl (C=O) groups is 1. The molecule has 0 saturated heterocycles. The minimum atomic E-state index is -0.331. The van der Waals surface area contributed by atoms with Crippen molar-refractivity contribution in [3.63, 3.8) is 0 Å². The Kier molecular flexibility index (Phi) is 4.63. The summed E-state index contributed by atoms with van der Waals surface area (Å²) in [6, 6.07) is 3.14. The van der Waals surface area contributed by atoms with Crippen LogP contribution in [0.4, 0.5) is 0 Å². The third-order valence-electron chi connectivity index (χ3n) is 2.32. The van der Waals surface area contributed by atoms with Crippen LogP contribution in [0.1, 0.15) is 18.9 Å². The lowest BCUT2D eigenvalue weighted by Gasteiger charge is -2.09. The highest BCUT2D eigenvalue weighted by molar-refractivity contribution is 5.70. The van der Waals surface area contributed by atoms with E-state index in [4.69, 9.17) is 9.47 Å². The molecular weight excluding hydrogens is 224 g/mol. The van der Waals surface area contributed by atoms with Gasteiger partial charge in [0, 0.05) is 6.42 Å². The van der Waals surface area contributed by atoms with Gasteiger partial charge >= 0.3 is 5.97 Å². The number of phenols is 2. The van der Waals surface area contributed by atoms with Crippen LogP contribution in [0.5, 0.6) is 17.2 Å². The van der Waals surface area contributed by atoms with Gasteiger partial charge in [-0.1, -0.05) is 6.07 Å². The molecule has 0 fully saturated rings. The molecule has 1 rings (SSSR count). The van der Waals surface area contributed by atoms with Crippen LogP contribution < -0.4 is 4.74 Å². The van der Waals surface area contributed by atoms with Gasteiger partial charge < -0.3 is 19.7 Å². The molecule has 17 heavy (non-hydrogen) atoms. The average Bonchev–Trinajstić information content (AvgIpc) is 2.31. The van der Waals surface area contributed by atoms with Gasteiger partial charge in [0.1, 0.15) is 0 Å². The van der Waals surface area contributed by atoms with E-state index in [1.807, 2.05) is 0 Å². The molecule has 5 heteroatoms. The van der Waals surface area contributed by atoms with Crippen LogP contribution in [0.3, 0.4) is 0 Å². The number of hydrogen-bond acceptors (Lipinski definition) is 5. The maximum atomic E-state index is 11.1. The second-order valence-electron chi connectivity index (χ2n) is 3.43. The number of benzene rings is 1. The van der Waals surface area contributed by atoms with E-state index in [2.05, 4.69) is 0 Å². The van der Waals surface area contributed by atoms with Crippen LogP contribution in [-0.4, -0.2) is 29.9 Å². The molecular formula is C12H16O5. The van der Waals surface area contributed by atoms with Crippen molar-refractivity contribution in [1.82, 2.24) is 0 Å². The van der Waals surface area contributed by atoms with E-state index < -0.39 is 0 Å². The van der Waals surface area contributed by atoms with Gasteiger partial charge in [-0.2, -0.15) is 0 Å². The van der Waals surface area contributed by atoms with Gasteiger partial charge in [-0.15, -0.1) is 0 Å². The maximum absolute atomic E-state index is 11.1. The zero-order valence-electron chi connectivity index (χ0n) is 9.90. The minimum absolute atomic E-state index is 0.160. The highest BCUT2D eigenvalue weighted by Gasteiger charge is 2.13. The molecule has 0 spiro atoms. The highest BCUT2D eigenvalue weighted by atomic mass is 16.5. The molecule has 0 radical (unpaired) electrons. The third kappa shape index (κ3) is 3.27. The minimum Gasteiger partial charge on any atom is -0.504 e. The number of phenolic OH excluding ortho intramolecular Hbond substituents is 2.